The van der Waals surface area contributed by atoms with Gasteiger partial charge in [-0.05, 0) is 45.9 Å². The van der Waals surface area contributed by atoms with E-state index < -0.39 is 10.0 Å². The largest absolute Gasteiger partial charge is 0.467 e. The van der Waals surface area contributed by atoms with Crippen molar-refractivity contribution in [3.05, 3.63) is 40.1 Å². The molecule has 0 atom stereocenters. The van der Waals surface area contributed by atoms with Gasteiger partial charge in [0.1, 0.15) is 16.6 Å². The van der Waals surface area contributed by atoms with E-state index in [0.29, 0.717) is 34.9 Å². The second-order valence-electron chi connectivity index (χ2n) is 3.94. The van der Waals surface area contributed by atoms with Crippen LogP contribution in [0.3, 0.4) is 0 Å². The van der Waals surface area contributed by atoms with Crippen molar-refractivity contribution < 1.29 is 17.6 Å². The highest BCUT2D eigenvalue weighted by atomic mass is 79.9. The molecule has 0 radical (unpaired) electrons. The first-order valence-corrected chi connectivity index (χ1v) is 9.08. The number of ether oxygens (including phenoxy) is 1. The van der Waals surface area contributed by atoms with E-state index in [1.165, 1.54) is 11.3 Å². The maximum Gasteiger partial charge on any atom is 0.251 e. The molecule has 2 aromatic rings. The van der Waals surface area contributed by atoms with Crippen LogP contribution >= 0.6 is 27.3 Å². The van der Waals surface area contributed by atoms with Gasteiger partial charge in [0.25, 0.3) is 10.0 Å². The second kappa shape index (κ2) is 7.37. The van der Waals surface area contributed by atoms with Crippen LogP contribution in [-0.4, -0.2) is 21.6 Å². The molecule has 2 aromatic heterocycles. The van der Waals surface area contributed by atoms with Gasteiger partial charge >= 0.3 is 0 Å². The molecule has 0 aliphatic heterocycles. The van der Waals surface area contributed by atoms with Crippen molar-refractivity contribution in [2.24, 2.45) is 0 Å². The Kier molecular flexibility index (Phi) is 5.79. The molecule has 8 heteroatoms. The number of nitrogens with one attached hydrogen (secondary N) is 1. The van der Waals surface area contributed by atoms with E-state index in [-0.39, 0.29) is 0 Å². The first kappa shape index (κ1) is 15.7. The van der Waals surface area contributed by atoms with E-state index >= 15 is 0 Å². The van der Waals surface area contributed by atoms with Gasteiger partial charge in [-0.15, -0.1) is 11.3 Å². The highest BCUT2D eigenvalue weighted by Gasteiger charge is 2.18. The summed E-state index contributed by atoms with van der Waals surface area (Å²) in [5.74, 6) is 0.757. The molecule has 0 amide bonds. The molecule has 0 spiro atoms. The zero-order valence-electron chi connectivity index (χ0n) is 10.5. The van der Waals surface area contributed by atoms with Gasteiger partial charge in [0.15, 0.2) is 0 Å². The highest BCUT2D eigenvalue weighted by Crippen LogP contribution is 2.27. The molecule has 2 heterocycles. The van der Waals surface area contributed by atoms with Gasteiger partial charge < -0.3 is 9.15 Å². The van der Waals surface area contributed by atoms with Crippen LogP contribution in [-0.2, 0) is 21.4 Å². The monoisotopic (exact) mass is 379 g/mol. The van der Waals surface area contributed by atoms with E-state index in [1.54, 1.807) is 23.8 Å². The minimum atomic E-state index is -3.43. The van der Waals surface area contributed by atoms with Crippen LogP contribution in [0.15, 0.2) is 42.9 Å². The molecule has 0 aliphatic rings. The van der Waals surface area contributed by atoms with Crippen LogP contribution in [0.2, 0.25) is 0 Å². The Labute approximate surface area is 130 Å². The number of halogens is 1. The third kappa shape index (κ3) is 4.42. The van der Waals surface area contributed by atoms with E-state index in [2.05, 4.69) is 20.7 Å². The lowest BCUT2D eigenvalue weighted by Gasteiger charge is -2.05. The molecule has 0 bridgehead atoms. The summed E-state index contributed by atoms with van der Waals surface area (Å²) in [5, 5.41) is 1.73. The summed E-state index contributed by atoms with van der Waals surface area (Å²) >= 11 is 4.40. The van der Waals surface area contributed by atoms with Gasteiger partial charge in [-0.2, -0.15) is 0 Å². The van der Waals surface area contributed by atoms with E-state index in [9.17, 15) is 8.42 Å². The molecule has 0 aromatic carbocycles. The Morgan fingerprint density at radius 3 is 2.90 bits per heavy atom. The lowest BCUT2D eigenvalue weighted by Crippen LogP contribution is -2.25. The fourth-order valence-electron chi connectivity index (χ4n) is 1.49. The van der Waals surface area contributed by atoms with Crippen molar-refractivity contribution in [2.45, 2.75) is 17.2 Å². The third-order valence-corrected chi connectivity index (χ3v) is 6.54. The third-order valence-electron chi connectivity index (χ3n) is 2.41. The van der Waals surface area contributed by atoms with Crippen molar-refractivity contribution in [2.75, 3.05) is 13.2 Å². The first-order chi connectivity index (χ1) is 9.59. The SMILES string of the molecule is O=S(=O)(NCCCOCc1ccco1)c1sccc1Br. The maximum atomic E-state index is 11.9. The molecular weight excluding hydrogens is 366 g/mol. The zero-order valence-corrected chi connectivity index (χ0v) is 13.8. The number of rotatable bonds is 8. The van der Waals surface area contributed by atoms with E-state index in [1.807, 2.05) is 6.07 Å². The Morgan fingerprint density at radius 1 is 1.40 bits per heavy atom. The summed E-state index contributed by atoms with van der Waals surface area (Å²) in [6, 6.07) is 5.34. The first-order valence-electron chi connectivity index (χ1n) is 5.92. The molecule has 2 rings (SSSR count). The smallest absolute Gasteiger partial charge is 0.251 e. The fourth-order valence-corrected chi connectivity index (χ4v) is 4.94. The van der Waals surface area contributed by atoms with Gasteiger partial charge in [-0.25, -0.2) is 13.1 Å². The maximum absolute atomic E-state index is 11.9. The average molecular weight is 380 g/mol. The quantitative estimate of drug-likeness (QED) is 0.715. The number of hydrogen-bond acceptors (Lipinski definition) is 5. The van der Waals surface area contributed by atoms with E-state index in [0.717, 1.165) is 5.76 Å². The summed E-state index contributed by atoms with van der Waals surface area (Å²) in [6.07, 6.45) is 2.19. The van der Waals surface area contributed by atoms with E-state index in [4.69, 9.17) is 9.15 Å². The highest BCUT2D eigenvalue weighted by molar-refractivity contribution is 9.10. The summed E-state index contributed by atoms with van der Waals surface area (Å²) in [7, 11) is -3.43. The summed E-state index contributed by atoms with van der Waals surface area (Å²) in [5.41, 5.74) is 0. The van der Waals surface area contributed by atoms with Crippen LogP contribution in [0, 0.1) is 0 Å². The summed E-state index contributed by atoms with van der Waals surface area (Å²) in [6.45, 7) is 1.20. The standard InChI is InChI=1S/C12H14BrNO4S2/c13-11-4-8-19-12(11)20(15,16)14-5-2-6-17-9-10-3-1-7-18-10/h1,3-4,7-8,14H,2,5-6,9H2. The van der Waals surface area contributed by atoms with Crippen molar-refractivity contribution in [1.29, 1.82) is 0 Å². The molecular formula is C12H14BrNO4S2. The fraction of sp³-hybridized carbons (Fsp3) is 0.333. The molecule has 5 nitrogen and oxygen atoms in total. The molecule has 0 aliphatic carbocycles. The lowest BCUT2D eigenvalue weighted by molar-refractivity contribution is 0.105. The zero-order chi connectivity index (χ0) is 14.4. The van der Waals surface area contributed by atoms with Gasteiger partial charge in [-0.3, -0.25) is 0 Å². The molecule has 110 valence electrons. The molecule has 0 saturated carbocycles. The molecule has 20 heavy (non-hydrogen) atoms. The number of hydrogen-bond donors (Lipinski definition) is 1. The summed E-state index contributed by atoms with van der Waals surface area (Å²) in [4.78, 5) is 0. The normalized spacial score (nSPS) is 11.8. The van der Waals surface area contributed by atoms with Crippen LogP contribution in [0.4, 0.5) is 0 Å². The number of sulfonamides is 1. The average Bonchev–Trinajstić information content (AvgIpc) is 3.04. The van der Waals surface area contributed by atoms with Crippen LogP contribution in [0.1, 0.15) is 12.2 Å². The molecule has 1 N–H and O–H groups in total. The minimum Gasteiger partial charge on any atom is -0.467 e. The Hall–Kier alpha value is -0.670. The van der Waals surface area contributed by atoms with Crippen LogP contribution in [0.25, 0.3) is 0 Å². The van der Waals surface area contributed by atoms with Gasteiger partial charge in [0.05, 0.1) is 6.26 Å². The molecule has 0 unspecified atom stereocenters. The van der Waals surface area contributed by atoms with Crippen molar-refractivity contribution in [3.63, 3.8) is 0 Å². The molecule has 0 fully saturated rings. The van der Waals surface area contributed by atoms with Crippen LogP contribution in [0.5, 0.6) is 0 Å². The summed E-state index contributed by atoms with van der Waals surface area (Å²) < 4.78 is 37.8. The molecule has 0 saturated heterocycles. The van der Waals surface area contributed by atoms with Gasteiger partial charge in [-0.1, -0.05) is 0 Å². The van der Waals surface area contributed by atoms with Gasteiger partial charge in [0.2, 0.25) is 0 Å². The minimum absolute atomic E-state index is 0.300. The van der Waals surface area contributed by atoms with Gasteiger partial charge in [0, 0.05) is 17.6 Å². The van der Waals surface area contributed by atoms with Crippen molar-refractivity contribution >= 4 is 37.3 Å². The van der Waals surface area contributed by atoms with Crippen molar-refractivity contribution in [3.8, 4) is 0 Å². The number of thiophene rings is 1. The lowest BCUT2D eigenvalue weighted by atomic mass is 10.4. The predicted octanol–water partition coefficient (Wildman–Crippen LogP) is 2.99. The van der Waals surface area contributed by atoms with Crippen LogP contribution < -0.4 is 4.72 Å². The Bertz CT molecular complexity index is 622. The van der Waals surface area contributed by atoms with Crippen molar-refractivity contribution in [1.82, 2.24) is 4.72 Å². The number of furan rings is 1. The Balaban J connectivity index is 1.67. The predicted molar refractivity (Wildman–Crippen MR) is 80.2 cm³/mol. The Morgan fingerprint density at radius 2 is 2.25 bits per heavy atom. The topological polar surface area (TPSA) is 68.5 Å². The second-order valence-corrected chi connectivity index (χ2v) is 7.67.